The minimum absolute atomic E-state index is 0. The van der Waals surface area contributed by atoms with Gasteiger partial charge in [0.15, 0.2) is 5.96 Å². The number of guanidine groups is 1. The van der Waals surface area contributed by atoms with Crippen molar-refractivity contribution in [3.63, 3.8) is 0 Å². The third kappa shape index (κ3) is 7.44. The Morgan fingerprint density at radius 1 is 1.17 bits per heavy atom. The molecule has 0 radical (unpaired) electrons. The van der Waals surface area contributed by atoms with Gasteiger partial charge in [0.25, 0.3) is 0 Å². The Morgan fingerprint density at radius 2 is 1.67 bits per heavy atom. The van der Waals surface area contributed by atoms with Crippen molar-refractivity contribution in [3.05, 3.63) is 0 Å². The van der Waals surface area contributed by atoms with Crippen LogP contribution in [0.5, 0.6) is 0 Å². The first-order chi connectivity index (χ1) is 7.81. The number of nitrogens with two attached hydrogens (primary N) is 1. The van der Waals surface area contributed by atoms with Crippen LogP contribution in [0.15, 0.2) is 4.99 Å². The minimum atomic E-state index is -0.00204. The summed E-state index contributed by atoms with van der Waals surface area (Å²) in [5, 5.41) is 3.22. The highest BCUT2D eigenvalue weighted by atomic mass is 127. The Labute approximate surface area is 129 Å². The van der Waals surface area contributed by atoms with Gasteiger partial charge in [-0.25, -0.2) is 0 Å². The summed E-state index contributed by atoms with van der Waals surface area (Å²) in [6, 6.07) is 0. The summed E-state index contributed by atoms with van der Waals surface area (Å²) in [6.45, 7) is 9.52. The quantitative estimate of drug-likeness (QED) is 0.339. The topological polar surface area (TPSA) is 50.4 Å². The summed E-state index contributed by atoms with van der Waals surface area (Å²) in [4.78, 5) is 4.53. The van der Waals surface area contributed by atoms with Crippen LogP contribution in [0.1, 0.15) is 66.2 Å². The average molecular weight is 367 g/mol. The molecule has 0 bridgehead atoms. The van der Waals surface area contributed by atoms with E-state index in [0.717, 1.165) is 6.54 Å². The second kappa shape index (κ2) is 7.56. The fraction of sp³-hybridized carbons (Fsp3) is 0.929. The molecule has 1 fully saturated rings. The van der Waals surface area contributed by atoms with Crippen LogP contribution < -0.4 is 11.1 Å². The molecule has 0 spiro atoms. The van der Waals surface area contributed by atoms with Crippen LogP contribution in [-0.2, 0) is 0 Å². The first-order valence-electron chi connectivity index (χ1n) is 6.89. The number of nitrogens with zero attached hydrogens (tertiary/aromatic N) is 1. The SMILES string of the molecule is CC1(CN=C(N)NC(C)(C)C)CCCCCC1.I. The Hall–Kier alpha value is 0. The summed E-state index contributed by atoms with van der Waals surface area (Å²) in [5.41, 5.74) is 6.27. The van der Waals surface area contributed by atoms with Crippen molar-refractivity contribution in [3.8, 4) is 0 Å². The highest BCUT2D eigenvalue weighted by Gasteiger charge is 2.25. The molecule has 0 unspecified atom stereocenters. The summed E-state index contributed by atoms with van der Waals surface area (Å²) < 4.78 is 0. The lowest BCUT2D eigenvalue weighted by atomic mass is 9.83. The molecule has 0 aromatic heterocycles. The molecule has 0 saturated heterocycles. The maximum atomic E-state index is 5.91. The number of rotatable bonds is 2. The molecule has 0 atom stereocenters. The van der Waals surface area contributed by atoms with Gasteiger partial charge in [0.05, 0.1) is 0 Å². The molecule has 0 heterocycles. The molecule has 1 rings (SSSR count). The van der Waals surface area contributed by atoms with Crippen LogP contribution in [0, 0.1) is 5.41 Å². The van der Waals surface area contributed by atoms with Gasteiger partial charge in [-0.3, -0.25) is 4.99 Å². The van der Waals surface area contributed by atoms with Crippen molar-refractivity contribution < 1.29 is 0 Å². The van der Waals surface area contributed by atoms with Gasteiger partial charge in [0.2, 0.25) is 0 Å². The maximum absolute atomic E-state index is 5.91. The van der Waals surface area contributed by atoms with Gasteiger partial charge in [-0.15, -0.1) is 24.0 Å². The smallest absolute Gasteiger partial charge is 0.189 e. The number of nitrogens with one attached hydrogen (secondary N) is 1. The lowest BCUT2D eigenvalue weighted by Gasteiger charge is -2.27. The second-order valence-corrected chi connectivity index (χ2v) is 6.80. The van der Waals surface area contributed by atoms with E-state index in [2.05, 4.69) is 38.0 Å². The maximum Gasteiger partial charge on any atom is 0.189 e. The van der Waals surface area contributed by atoms with Gasteiger partial charge in [-0.05, 0) is 39.0 Å². The van der Waals surface area contributed by atoms with E-state index in [0.29, 0.717) is 11.4 Å². The Kier molecular flexibility index (Phi) is 7.56. The molecule has 3 N–H and O–H groups in total. The molecule has 0 amide bonds. The summed E-state index contributed by atoms with van der Waals surface area (Å²) >= 11 is 0. The van der Waals surface area contributed by atoms with Crippen molar-refractivity contribution in [1.82, 2.24) is 5.32 Å². The van der Waals surface area contributed by atoms with Crippen LogP contribution in [0.3, 0.4) is 0 Å². The minimum Gasteiger partial charge on any atom is -0.370 e. The van der Waals surface area contributed by atoms with E-state index < -0.39 is 0 Å². The van der Waals surface area contributed by atoms with Crippen molar-refractivity contribution in [2.75, 3.05) is 6.54 Å². The lowest BCUT2D eigenvalue weighted by Crippen LogP contribution is -2.45. The van der Waals surface area contributed by atoms with Crippen molar-refractivity contribution in [1.29, 1.82) is 0 Å². The fourth-order valence-electron chi connectivity index (χ4n) is 2.44. The first-order valence-corrected chi connectivity index (χ1v) is 6.89. The van der Waals surface area contributed by atoms with Crippen LogP contribution >= 0.6 is 24.0 Å². The highest BCUT2D eigenvalue weighted by molar-refractivity contribution is 14.0. The molecule has 0 aliphatic heterocycles. The summed E-state index contributed by atoms with van der Waals surface area (Å²) in [6.07, 6.45) is 8.04. The average Bonchev–Trinajstić information content (AvgIpc) is 2.38. The van der Waals surface area contributed by atoms with Crippen molar-refractivity contribution in [2.45, 2.75) is 71.8 Å². The van der Waals surface area contributed by atoms with E-state index in [4.69, 9.17) is 5.73 Å². The van der Waals surface area contributed by atoms with E-state index in [1.54, 1.807) is 0 Å². The number of hydrogen-bond donors (Lipinski definition) is 2. The molecule has 18 heavy (non-hydrogen) atoms. The molecular formula is C14H30IN3. The fourth-order valence-corrected chi connectivity index (χ4v) is 2.44. The van der Waals surface area contributed by atoms with E-state index >= 15 is 0 Å². The third-order valence-electron chi connectivity index (χ3n) is 3.44. The zero-order valence-electron chi connectivity index (χ0n) is 12.4. The number of aliphatic imine (C=N–C) groups is 1. The zero-order chi connectivity index (χ0) is 12.9. The van der Waals surface area contributed by atoms with E-state index in [1.807, 2.05) is 0 Å². The van der Waals surface area contributed by atoms with Gasteiger partial charge in [0.1, 0.15) is 0 Å². The van der Waals surface area contributed by atoms with Crippen molar-refractivity contribution in [2.24, 2.45) is 16.1 Å². The molecule has 4 heteroatoms. The molecule has 1 aliphatic carbocycles. The van der Waals surface area contributed by atoms with Crippen molar-refractivity contribution >= 4 is 29.9 Å². The molecule has 3 nitrogen and oxygen atoms in total. The molecule has 0 aromatic carbocycles. The standard InChI is InChI=1S/C14H29N3.HI/c1-13(2,3)17-12(15)16-11-14(4)9-7-5-6-8-10-14;/h5-11H2,1-4H3,(H3,15,16,17);1H. The largest absolute Gasteiger partial charge is 0.370 e. The van der Waals surface area contributed by atoms with E-state index in [1.165, 1.54) is 38.5 Å². The third-order valence-corrected chi connectivity index (χ3v) is 3.44. The van der Waals surface area contributed by atoms with Gasteiger partial charge >= 0.3 is 0 Å². The van der Waals surface area contributed by atoms with Crippen LogP contribution in [0.4, 0.5) is 0 Å². The summed E-state index contributed by atoms with van der Waals surface area (Å²) in [7, 11) is 0. The van der Waals surface area contributed by atoms with E-state index in [9.17, 15) is 0 Å². The second-order valence-electron chi connectivity index (χ2n) is 6.80. The highest BCUT2D eigenvalue weighted by Crippen LogP contribution is 2.34. The van der Waals surface area contributed by atoms with Gasteiger partial charge in [0, 0.05) is 12.1 Å². The summed E-state index contributed by atoms with van der Waals surface area (Å²) in [5.74, 6) is 0.586. The monoisotopic (exact) mass is 367 g/mol. The van der Waals surface area contributed by atoms with Gasteiger partial charge < -0.3 is 11.1 Å². The van der Waals surface area contributed by atoms with Crippen LogP contribution in [0.2, 0.25) is 0 Å². The molecule has 1 aliphatic rings. The first kappa shape index (κ1) is 18.0. The Bertz CT molecular complexity index is 261. The van der Waals surface area contributed by atoms with Gasteiger partial charge in [-0.1, -0.05) is 32.6 Å². The van der Waals surface area contributed by atoms with Gasteiger partial charge in [-0.2, -0.15) is 0 Å². The molecule has 108 valence electrons. The Morgan fingerprint density at radius 3 is 2.11 bits per heavy atom. The molecule has 1 saturated carbocycles. The number of halogens is 1. The Balaban J connectivity index is 0.00000289. The van der Waals surface area contributed by atoms with Crippen LogP contribution in [0.25, 0.3) is 0 Å². The van der Waals surface area contributed by atoms with Crippen LogP contribution in [-0.4, -0.2) is 18.0 Å². The predicted octanol–water partition coefficient (Wildman–Crippen LogP) is 3.67. The molecule has 0 aromatic rings. The lowest BCUT2D eigenvalue weighted by molar-refractivity contribution is 0.289. The number of hydrogen-bond acceptors (Lipinski definition) is 1. The van der Waals surface area contributed by atoms with E-state index in [-0.39, 0.29) is 29.5 Å². The predicted molar refractivity (Wildman–Crippen MR) is 90.6 cm³/mol. The zero-order valence-corrected chi connectivity index (χ0v) is 14.7. The normalized spacial score (nSPS) is 20.8. The molecular weight excluding hydrogens is 337 g/mol.